The summed E-state index contributed by atoms with van der Waals surface area (Å²) >= 11 is 4.20. The predicted octanol–water partition coefficient (Wildman–Crippen LogP) is 1.47. The largest absolute Gasteiger partial charge is 0.480 e. The van der Waals surface area contributed by atoms with Crippen molar-refractivity contribution in [3.05, 3.63) is 0 Å². The molecule has 0 aromatic heterocycles. The lowest BCUT2D eigenvalue weighted by Crippen LogP contribution is -2.51. The Bertz CT molecular complexity index is 205. The summed E-state index contributed by atoms with van der Waals surface area (Å²) in [6.07, 6.45) is 0. The molecule has 0 spiro atoms. The average molecular weight is 221 g/mol. The Morgan fingerprint density at radius 3 is 2.00 bits per heavy atom. The SMILES string of the molecule is CC(C)(C)ON[C@H](C(=O)O)C(C)(C)S. The van der Waals surface area contributed by atoms with Gasteiger partial charge in [-0.3, -0.25) is 9.63 Å². The maximum Gasteiger partial charge on any atom is 0.324 e. The first kappa shape index (κ1) is 13.7. The van der Waals surface area contributed by atoms with Crippen molar-refractivity contribution < 1.29 is 14.7 Å². The molecular formula is C9H19NO3S. The van der Waals surface area contributed by atoms with Crippen molar-refractivity contribution in [3.63, 3.8) is 0 Å². The van der Waals surface area contributed by atoms with Crippen LogP contribution in [0.2, 0.25) is 0 Å². The lowest BCUT2D eigenvalue weighted by Gasteiger charge is -2.29. The number of aliphatic carboxylic acids is 1. The fourth-order valence-corrected chi connectivity index (χ4v) is 0.896. The summed E-state index contributed by atoms with van der Waals surface area (Å²) in [7, 11) is 0. The van der Waals surface area contributed by atoms with Gasteiger partial charge in [-0.05, 0) is 34.6 Å². The Morgan fingerprint density at radius 2 is 1.79 bits per heavy atom. The Morgan fingerprint density at radius 1 is 1.36 bits per heavy atom. The van der Waals surface area contributed by atoms with Crippen molar-refractivity contribution in [1.29, 1.82) is 0 Å². The monoisotopic (exact) mass is 221 g/mol. The van der Waals surface area contributed by atoms with Crippen LogP contribution in [-0.4, -0.2) is 27.5 Å². The summed E-state index contributed by atoms with van der Waals surface area (Å²) in [5, 5.41) is 8.91. The minimum atomic E-state index is -0.978. The molecule has 0 aliphatic heterocycles. The van der Waals surface area contributed by atoms with Gasteiger partial charge in [-0.2, -0.15) is 18.1 Å². The Labute approximate surface area is 90.4 Å². The second-order valence-electron chi connectivity index (χ2n) is 4.76. The first-order valence-corrected chi connectivity index (χ1v) is 4.87. The van der Waals surface area contributed by atoms with Gasteiger partial charge in [-0.25, -0.2) is 0 Å². The zero-order chi connectivity index (χ0) is 11.6. The summed E-state index contributed by atoms with van der Waals surface area (Å²) in [4.78, 5) is 16.1. The fourth-order valence-electron chi connectivity index (χ4n) is 0.732. The molecule has 0 radical (unpaired) electrons. The molecule has 1 atom stereocenters. The molecule has 0 unspecified atom stereocenters. The Hall–Kier alpha value is -0.260. The number of rotatable bonds is 4. The molecule has 0 fully saturated rings. The lowest BCUT2D eigenvalue weighted by atomic mass is 10.0. The molecule has 0 saturated heterocycles. The van der Waals surface area contributed by atoms with Crippen LogP contribution in [0.1, 0.15) is 34.6 Å². The van der Waals surface area contributed by atoms with E-state index < -0.39 is 22.4 Å². The molecule has 84 valence electrons. The third kappa shape index (κ3) is 5.47. The van der Waals surface area contributed by atoms with Crippen molar-refractivity contribution in [3.8, 4) is 0 Å². The Kier molecular flexibility index (Phi) is 4.42. The molecule has 2 N–H and O–H groups in total. The van der Waals surface area contributed by atoms with Gasteiger partial charge in [0.1, 0.15) is 6.04 Å². The molecule has 0 aromatic carbocycles. The van der Waals surface area contributed by atoms with Crippen LogP contribution >= 0.6 is 12.6 Å². The van der Waals surface area contributed by atoms with E-state index in [2.05, 4.69) is 18.1 Å². The molecular weight excluding hydrogens is 202 g/mol. The van der Waals surface area contributed by atoms with E-state index in [0.29, 0.717) is 0 Å². The van der Waals surface area contributed by atoms with Gasteiger partial charge >= 0.3 is 5.97 Å². The van der Waals surface area contributed by atoms with E-state index in [0.717, 1.165) is 0 Å². The standard InChI is InChI=1S/C9H19NO3S/c1-8(2,3)13-10-6(7(11)12)9(4,5)14/h6,10,14H,1-5H3,(H,11,12)/t6-/m1/s1. The highest BCUT2D eigenvalue weighted by Crippen LogP contribution is 2.18. The van der Waals surface area contributed by atoms with Crippen LogP contribution in [0.15, 0.2) is 0 Å². The zero-order valence-corrected chi connectivity index (χ0v) is 10.2. The summed E-state index contributed by atoms with van der Waals surface area (Å²) in [6, 6.07) is -0.843. The quantitative estimate of drug-likeness (QED) is 0.497. The van der Waals surface area contributed by atoms with Gasteiger partial charge < -0.3 is 5.11 Å². The van der Waals surface area contributed by atoms with Crippen molar-refractivity contribution in [2.45, 2.75) is 51.0 Å². The Balaban J connectivity index is 4.35. The van der Waals surface area contributed by atoms with Gasteiger partial charge in [-0.1, -0.05) is 0 Å². The van der Waals surface area contributed by atoms with E-state index in [1.807, 2.05) is 20.8 Å². The van der Waals surface area contributed by atoms with Gasteiger partial charge in [0.25, 0.3) is 0 Å². The van der Waals surface area contributed by atoms with Gasteiger partial charge in [-0.15, -0.1) is 0 Å². The fraction of sp³-hybridized carbons (Fsp3) is 0.889. The van der Waals surface area contributed by atoms with Gasteiger partial charge in [0.05, 0.1) is 5.60 Å². The smallest absolute Gasteiger partial charge is 0.324 e. The number of hydrogen-bond acceptors (Lipinski definition) is 4. The molecule has 0 saturated carbocycles. The van der Waals surface area contributed by atoms with Gasteiger partial charge in [0, 0.05) is 4.75 Å². The van der Waals surface area contributed by atoms with Crippen molar-refractivity contribution in [2.75, 3.05) is 0 Å². The number of thiol groups is 1. The van der Waals surface area contributed by atoms with Crippen LogP contribution in [-0.2, 0) is 9.63 Å². The number of hydroxylamine groups is 1. The third-order valence-corrected chi connectivity index (χ3v) is 1.69. The third-order valence-electron chi connectivity index (χ3n) is 1.44. The predicted molar refractivity (Wildman–Crippen MR) is 58.5 cm³/mol. The summed E-state index contributed by atoms with van der Waals surface area (Å²) in [6.45, 7) is 8.95. The molecule has 4 nitrogen and oxygen atoms in total. The number of nitrogens with one attached hydrogen (secondary N) is 1. The number of carboxylic acids is 1. The van der Waals surface area contributed by atoms with Crippen LogP contribution in [0.5, 0.6) is 0 Å². The van der Waals surface area contributed by atoms with Gasteiger partial charge in [0.15, 0.2) is 0 Å². The first-order valence-electron chi connectivity index (χ1n) is 4.43. The molecule has 0 aliphatic carbocycles. The van der Waals surface area contributed by atoms with Crippen LogP contribution in [0.3, 0.4) is 0 Å². The van der Waals surface area contributed by atoms with Crippen molar-refractivity contribution in [1.82, 2.24) is 5.48 Å². The van der Waals surface area contributed by atoms with Gasteiger partial charge in [0.2, 0.25) is 0 Å². The molecule has 0 bridgehead atoms. The van der Waals surface area contributed by atoms with E-state index >= 15 is 0 Å². The topological polar surface area (TPSA) is 58.6 Å². The maximum absolute atomic E-state index is 10.9. The van der Waals surface area contributed by atoms with E-state index in [-0.39, 0.29) is 0 Å². The average Bonchev–Trinajstić information content (AvgIpc) is 1.79. The second kappa shape index (κ2) is 4.51. The lowest BCUT2D eigenvalue weighted by molar-refractivity contribution is -0.151. The molecule has 0 heterocycles. The molecule has 5 heteroatoms. The zero-order valence-electron chi connectivity index (χ0n) is 9.29. The van der Waals surface area contributed by atoms with Crippen LogP contribution < -0.4 is 5.48 Å². The van der Waals surface area contributed by atoms with E-state index in [9.17, 15) is 4.79 Å². The summed E-state index contributed by atoms with van der Waals surface area (Å²) in [5.41, 5.74) is 2.10. The highest BCUT2D eigenvalue weighted by atomic mass is 32.1. The molecule has 0 aromatic rings. The summed E-state index contributed by atoms with van der Waals surface area (Å²) in [5.74, 6) is -0.978. The minimum Gasteiger partial charge on any atom is -0.480 e. The molecule has 0 aliphatic rings. The van der Waals surface area contributed by atoms with E-state index in [1.54, 1.807) is 13.8 Å². The van der Waals surface area contributed by atoms with Crippen LogP contribution in [0.25, 0.3) is 0 Å². The van der Waals surface area contributed by atoms with E-state index in [4.69, 9.17) is 9.94 Å². The normalized spacial score (nSPS) is 15.3. The molecule has 14 heavy (non-hydrogen) atoms. The molecule has 0 amide bonds. The maximum atomic E-state index is 10.9. The second-order valence-corrected chi connectivity index (χ2v) is 5.91. The number of hydrogen-bond donors (Lipinski definition) is 3. The highest BCUT2D eigenvalue weighted by Gasteiger charge is 2.33. The van der Waals surface area contributed by atoms with E-state index in [1.165, 1.54) is 0 Å². The summed E-state index contributed by atoms with van der Waals surface area (Å²) < 4.78 is -0.683. The van der Waals surface area contributed by atoms with Crippen molar-refractivity contribution in [2.24, 2.45) is 0 Å². The van der Waals surface area contributed by atoms with Crippen LogP contribution in [0, 0.1) is 0 Å². The van der Waals surface area contributed by atoms with Crippen LogP contribution in [0.4, 0.5) is 0 Å². The van der Waals surface area contributed by atoms with Crippen molar-refractivity contribution >= 4 is 18.6 Å². The highest BCUT2D eigenvalue weighted by molar-refractivity contribution is 7.81. The number of carboxylic acid groups (broad SMARTS) is 1. The first-order chi connectivity index (χ1) is 6.04. The number of carbonyl (C=O) groups is 1. The minimum absolute atomic E-state index is 0.424. The molecule has 0 rings (SSSR count).